The lowest BCUT2D eigenvalue weighted by atomic mass is 10.2. The summed E-state index contributed by atoms with van der Waals surface area (Å²) >= 11 is 0. The molecule has 0 N–H and O–H groups in total. The summed E-state index contributed by atoms with van der Waals surface area (Å²) in [4.78, 5) is 11.2. The van der Waals surface area contributed by atoms with Gasteiger partial charge in [-0.2, -0.15) is 0 Å². The number of benzene rings is 1. The van der Waals surface area contributed by atoms with E-state index in [9.17, 15) is 4.79 Å². The number of aryl methyl sites for hydroxylation is 1. The van der Waals surface area contributed by atoms with E-state index in [1.807, 2.05) is 38.1 Å². The minimum atomic E-state index is -0.207. The predicted molar refractivity (Wildman–Crippen MR) is 73.4 cm³/mol. The largest absolute Gasteiger partial charge is 0.491 e. The summed E-state index contributed by atoms with van der Waals surface area (Å²) in [5, 5.41) is 0. The average Bonchev–Trinajstić information content (AvgIpc) is 2.42. The highest BCUT2D eigenvalue weighted by molar-refractivity contribution is 5.69. The van der Waals surface area contributed by atoms with Gasteiger partial charge in [-0.25, -0.2) is 0 Å². The summed E-state index contributed by atoms with van der Waals surface area (Å²) in [6.07, 6.45) is 1.14. The van der Waals surface area contributed by atoms with Crippen LogP contribution in [0.5, 0.6) is 5.75 Å². The molecule has 0 amide bonds. The fourth-order valence-electron chi connectivity index (χ4n) is 1.40. The zero-order valence-electron chi connectivity index (χ0n) is 11.7. The van der Waals surface area contributed by atoms with Gasteiger partial charge in [-0.15, -0.1) is 0 Å². The van der Waals surface area contributed by atoms with Crippen LogP contribution < -0.4 is 4.74 Å². The maximum Gasteiger partial charge on any atom is 0.308 e. The first kappa shape index (κ1) is 15.5. The van der Waals surface area contributed by atoms with Crippen LogP contribution >= 0.6 is 0 Å². The molecule has 19 heavy (non-hydrogen) atoms. The third-order valence-electron chi connectivity index (χ3n) is 2.44. The molecule has 1 aromatic rings. The van der Waals surface area contributed by atoms with Gasteiger partial charge in [0.15, 0.2) is 0 Å². The van der Waals surface area contributed by atoms with Gasteiger partial charge in [-0.1, -0.05) is 24.6 Å². The number of hydrogen-bond acceptors (Lipinski definition) is 4. The van der Waals surface area contributed by atoms with Crippen LogP contribution in [-0.4, -0.2) is 32.4 Å². The van der Waals surface area contributed by atoms with Crippen LogP contribution in [0.4, 0.5) is 0 Å². The Morgan fingerprint density at radius 3 is 2.47 bits per heavy atom. The lowest BCUT2D eigenvalue weighted by Crippen LogP contribution is -2.12. The maximum absolute atomic E-state index is 11.2. The van der Waals surface area contributed by atoms with Gasteiger partial charge in [0.2, 0.25) is 0 Å². The molecule has 0 unspecified atom stereocenters. The van der Waals surface area contributed by atoms with Crippen molar-refractivity contribution in [1.29, 1.82) is 0 Å². The van der Waals surface area contributed by atoms with Gasteiger partial charge >= 0.3 is 5.97 Å². The van der Waals surface area contributed by atoms with Gasteiger partial charge in [-0.05, 0) is 25.5 Å². The first-order valence-corrected chi connectivity index (χ1v) is 6.65. The Morgan fingerprint density at radius 2 is 1.79 bits per heavy atom. The molecule has 0 aromatic heterocycles. The first-order valence-electron chi connectivity index (χ1n) is 6.65. The Bertz CT molecular complexity index is 359. The van der Waals surface area contributed by atoms with Crippen molar-refractivity contribution in [3.8, 4) is 5.75 Å². The molecule has 0 radical (unpaired) electrons. The molecule has 0 aliphatic carbocycles. The van der Waals surface area contributed by atoms with Gasteiger partial charge < -0.3 is 14.2 Å². The molecule has 0 aliphatic heterocycles. The van der Waals surface area contributed by atoms with E-state index in [2.05, 4.69) is 0 Å². The number of rotatable bonds is 9. The van der Waals surface area contributed by atoms with Crippen molar-refractivity contribution in [2.24, 2.45) is 0 Å². The van der Waals surface area contributed by atoms with Crippen molar-refractivity contribution >= 4 is 5.97 Å². The molecule has 0 saturated carbocycles. The van der Waals surface area contributed by atoms with E-state index in [0.29, 0.717) is 32.8 Å². The van der Waals surface area contributed by atoms with Gasteiger partial charge in [0.25, 0.3) is 0 Å². The first-order chi connectivity index (χ1) is 9.22. The average molecular weight is 266 g/mol. The second kappa shape index (κ2) is 9.39. The highest BCUT2D eigenvalue weighted by Gasteiger charge is 2.01. The lowest BCUT2D eigenvalue weighted by molar-refractivity contribution is -0.144. The van der Waals surface area contributed by atoms with Crippen molar-refractivity contribution < 1.29 is 19.0 Å². The second-order valence-corrected chi connectivity index (χ2v) is 4.24. The van der Waals surface area contributed by atoms with E-state index in [0.717, 1.165) is 12.2 Å². The van der Waals surface area contributed by atoms with E-state index in [1.54, 1.807) is 0 Å². The standard InChI is InChI=1S/C15H22O4/c1-3-9-19-15(16)8-10-17-11-12-18-14-6-4-13(2)5-7-14/h4-7H,3,8-12H2,1-2H3. The van der Waals surface area contributed by atoms with Crippen molar-refractivity contribution in [3.05, 3.63) is 29.8 Å². The number of hydrogen-bond donors (Lipinski definition) is 0. The van der Waals surface area contributed by atoms with Crippen molar-refractivity contribution in [2.45, 2.75) is 26.7 Å². The molecule has 1 rings (SSSR count). The lowest BCUT2D eigenvalue weighted by Gasteiger charge is -2.07. The molecular weight excluding hydrogens is 244 g/mol. The van der Waals surface area contributed by atoms with Gasteiger partial charge in [-0.3, -0.25) is 4.79 Å². The molecule has 0 atom stereocenters. The Balaban J connectivity index is 1.99. The third kappa shape index (κ3) is 7.47. The smallest absolute Gasteiger partial charge is 0.308 e. The summed E-state index contributed by atoms with van der Waals surface area (Å²) in [5.41, 5.74) is 1.20. The van der Waals surface area contributed by atoms with Crippen LogP contribution in [0.1, 0.15) is 25.3 Å². The summed E-state index contributed by atoms with van der Waals surface area (Å²) in [5.74, 6) is 0.623. The monoisotopic (exact) mass is 266 g/mol. The number of ether oxygens (including phenoxy) is 3. The predicted octanol–water partition coefficient (Wildman–Crippen LogP) is 2.73. The van der Waals surface area contributed by atoms with Crippen LogP contribution in [0, 0.1) is 6.92 Å². The minimum Gasteiger partial charge on any atom is -0.491 e. The summed E-state index contributed by atoms with van der Waals surface area (Å²) < 4.78 is 15.7. The maximum atomic E-state index is 11.2. The van der Waals surface area contributed by atoms with Crippen LogP contribution in [0.15, 0.2) is 24.3 Å². The van der Waals surface area contributed by atoms with Gasteiger partial charge in [0.05, 0.1) is 26.2 Å². The minimum absolute atomic E-state index is 0.207. The quantitative estimate of drug-likeness (QED) is 0.509. The molecule has 4 heteroatoms. The van der Waals surface area contributed by atoms with E-state index >= 15 is 0 Å². The Hall–Kier alpha value is -1.55. The normalized spacial score (nSPS) is 10.2. The van der Waals surface area contributed by atoms with Crippen LogP contribution in [-0.2, 0) is 14.3 Å². The highest BCUT2D eigenvalue weighted by Crippen LogP contribution is 2.10. The van der Waals surface area contributed by atoms with E-state index < -0.39 is 0 Å². The van der Waals surface area contributed by atoms with E-state index in [1.165, 1.54) is 5.56 Å². The number of carbonyl (C=O) groups is 1. The van der Waals surface area contributed by atoms with Crippen molar-refractivity contribution in [2.75, 3.05) is 26.4 Å². The molecular formula is C15H22O4. The molecule has 0 bridgehead atoms. The fourth-order valence-corrected chi connectivity index (χ4v) is 1.40. The molecule has 0 aliphatic rings. The molecule has 0 fully saturated rings. The SMILES string of the molecule is CCCOC(=O)CCOCCOc1ccc(C)cc1. The van der Waals surface area contributed by atoms with Crippen LogP contribution in [0.3, 0.4) is 0 Å². The molecule has 106 valence electrons. The molecule has 1 aromatic carbocycles. The third-order valence-corrected chi connectivity index (χ3v) is 2.44. The van der Waals surface area contributed by atoms with Gasteiger partial charge in [0, 0.05) is 0 Å². The number of carbonyl (C=O) groups excluding carboxylic acids is 1. The molecule has 4 nitrogen and oxygen atoms in total. The van der Waals surface area contributed by atoms with Crippen molar-refractivity contribution in [1.82, 2.24) is 0 Å². The van der Waals surface area contributed by atoms with Crippen LogP contribution in [0.2, 0.25) is 0 Å². The Labute approximate surface area is 114 Å². The zero-order chi connectivity index (χ0) is 13.9. The molecule has 0 saturated heterocycles. The second-order valence-electron chi connectivity index (χ2n) is 4.24. The molecule has 0 heterocycles. The Morgan fingerprint density at radius 1 is 1.05 bits per heavy atom. The highest BCUT2D eigenvalue weighted by atomic mass is 16.5. The van der Waals surface area contributed by atoms with E-state index in [4.69, 9.17) is 14.2 Å². The van der Waals surface area contributed by atoms with E-state index in [-0.39, 0.29) is 5.97 Å². The van der Waals surface area contributed by atoms with Crippen LogP contribution in [0.25, 0.3) is 0 Å². The van der Waals surface area contributed by atoms with Crippen molar-refractivity contribution in [3.63, 3.8) is 0 Å². The summed E-state index contributed by atoms with van der Waals surface area (Å²) in [6, 6.07) is 7.86. The number of esters is 1. The molecule has 0 spiro atoms. The zero-order valence-corrected chi connectivity index (χ0v) is 11.7. The topological polar surface area (TPSA) is 44.8 Å². The fraction of sp³-hybridized carbons (Fsp3) is 0.533. The Kier molecular flexibility index (Phi) is 7.66. The summed E-state index contributed by atoms with van der Waals surface area (Å²) in [6.45, 7) is 5.80. The summed E-state index contributed by atoms with van der Waals surface area (Å²) in [7, 11) is 0. The van der Waals surface area contributed by atoms with Gasteiger partial charge in [0.1, 0.15) is 12.4 Å².